The van der Waals surface area contributed by atoms with Crippen LogP contribution in [0.5, 0.6) is 0 Å². The predicted octanol–water partition coefficient (Wildman–Crippen LogP) is 17.0. The highest BCUT2D eigenvalue weighted by molar-refractivity contribution is 9.10. The highest BCUT2D eigenvalue weighted by Gasteiger charge is 2.35. The number of hydrogen-bond donors (Lipinski definition) is 3. The number of pyridine rings is 5. The summed E-state index contributed by atoms with van der Waals surface area (Å²) in [5.41, 5.74) is 13.7. The van der Waals surface area contributed by atoms with Gasteiger partial charge in [-0.05, 0) is 191 Å². The molecular formula is C79H76BBr2N11O3S3. The summed E-state index contributed by atoms with van der Waals surface area (Å²) in [6, 6.07) is 73.2. The number of fused-ring (bicyclic) bond motifs is 6. The lowest BCUT2D eigenvalue weighted by atomic mass is 9.82. The summed E-state index contributed by atoms with van der Waals surface area (Å²) in [4.78, 5) is 51.6. The van der Waals surface area contributed by atoms with E-state index in [9.17, 15) is 4.79 Å². The second-order valence-electron chi connectivity index (χ2n) is 24.6. The molecule has 0 bridgehead atoms. The summed E-state index contributed by atoms with van der Waals surface area (Å²) in [7, 11) is -1.40. The number of para-hydroxylation sites is 3. The average Bonchev–Trinajstić information content (AvgIpc) is 0.776. The molecule has 500 valence electrons. The molecule has 0 amide bonds. The number of hydrogen-bond acceptors (Lipinski definition) is 17. The number of anilines is 6. The van der Waals surface area contributed by atoms with Crippen LogP contribution in [0, 0.1) is 0 Å². The summed E-state index contributed by atoms with van der Waals surface area (Å²) in [5, 5.41) is 20.6. The van der Waals surface area contributed by atoms with Crippen molar-refractivity contribution >= 4 is 120 Å². The molecular weight excluding hydrogens is 1420 g/mol. The van der Waals surface area contributed by atoms with Gasteiger partial charge in [-0.2, -0.15) is 0 Å². The fourth-order valence-electron chi connectivity index (χ4n) is 13.3. The van der Waals surface area contributed by atoms with Gasteiger partial charge in [-0.1, -0.05) is 140 Å². The molecule has 17 rings (SSSR count). The van der Waals surface area contributed by atoms with Crippen molar-refractivity contribution in [2.75, 3.05) is 54.0 Å². The molecule has 0 spiro atoms. The molecule has 3 N–H and O–H groups in total. The average molecular weight is 1490 g/mol. The van der Waals surface area contributed by atoms with Crippen molar-refractivity contribution in [3.05, 3.63) is 276 Å². The van der Waals surface area contributed by atoms with Gasteiger partial charge in [0.2, 0.25) is 0 Å². The summed E-state index contributed by atoms with van der Waals surface area (Å²) >= 11 is 12.9. The molecule has 0 aliphatic carbocycles. The lowest BCUT2D eigenvalue weighted by Crippen LogP contribution is -2.43. The molecule has 3 saturated heterocycles. The minimum absolute atomic E-state index is 0.414. The zero-order valence-corrected chi connectivity index (χ0v) is 60.3. The van der Waals surface area contributed by atoms with E-state index in [0.717, 1.165) is 97.4 Å². The van der Waals surface area contributed by atoms with Crippen molar-refractivity contribution in [3.8, 4) is 11.1 Å². The number of benzene rings is 6. The predicted molar refractivity (Wildman–Crippen MR) is 411 cm³/mol. The molecule has 11 aromatic rings. The Morgan fingerprint density at radius 1 is 0.424 bits per heavy atom. The molecule has 99 heavy (non-hydrogen) atoms. The largest absolute Gasteiger partial charge is 0.490 e. The van der Waals surface area contributed by atoms with Crippen LogP contribution in [0.2, 0.25) is 0 Å². The minimum Gasteiger partial charge on any atom is -0.423 e. The van der Waals surface area contributed by atoms with E-state index >= 15 is 0 Å². The zero-order valence-electron chi connectivity index (χ0n) is 54.7. The molecule has 3 fully saturated rings. The number of carbonyl (C=O) groups is 1. The maximum absolute atomic E-state index is 9.94. The summed E-state index contributed by atoms with van der Waals surface area (Å²) in [6.07, 6.45) is 19.9. The molecule has 6 aliphatic heterocycles. The quantitative estimate of drug-likeness (QED) is 0.0879. The number of rotatable bonds is 10. The van der Waals surface area contributed by atoms with Crippen LogP contribution in [0.4, 0.5) is 34.1 Å². The van der Waals surface area contributed by atoms with Gasteiger partial charge < -0.3 is 30.1 Å². The second-order valence-corrected chi connectivity index (χ2v) is 29.7. The van der Waals surface area contributed by atoms with Crippen molar-refractivity contribution in [1.29, 1.82) is 0 Å². The number of likely N-dealkylation sites (tertiary alicyclic amines) is 2. The Bertz CT molecular complexity index is 4410. The molecule has 0 saturated carbocycles. The fourth-order valence-corrected chi connectivity index (χ4v) is 17.7. The van der Waals surface area contributed by atoms with Crippen LogP contribution in [0.25, 0.3) is 11.1 Å². The van der Waals surface area contributed by atoms with E-state index < -0.39 is 7.12 Å². The van der Waals surface area contributed by atoms with Crippen LogP contribution in [0.1, 0.15) is 60.4 Å². The van der Waals surface area contributed by atoms with Gasteiger partial charge in [0, 0.05) is 150 Å². The Morgan fingerprint density at radius 3 is 1.25 bits per heavy atom. The normalized spacial score (nSPS) is 15.7. The van der Waals surface area contributed by atoms with E-state index in [1.807, 2.05) is 78.3 Å². The van der Waals surface area contributed by atoms with Gasteiger partial charge in [0.25, 0.3) is 0 Å². The van der Waals surface area contributed by atoms with Crippen molar-refractivity contribution in [1.82, 2.24) is 40.0 Å². The molecule has 6 aromatic carbocycles. The van der Waals surface area contributed by atoms with Crippen LogP contribution in [-0.2, 0) is 13.1 Å². The number of aldehydes is 1. The fraction of sp³-hybridized carbons (Fsp3) is 0.215. The molecule has 5 aromatic heterocycles. The topological polar surface area (TPSA) is 150 Å². The van der Waals surface area contributed by atoms with E-state index in [0.29, 0.717) is 29.3 Å². The molecule has 0 radical (unpaired) electrons. The lowest BCUT2D eigenvalue weighted by molar-refractivity contribution is 0.111. The van der Waals surface area contributed by atoms with Gasteiger partial charge in [0.15, 0.2) is 6.29 Å². The maximum atomic E-state index is 9.94. The third-order valence-corrected chi connectivity index (χ3v) is 22.5. The first-order chi connectivity index (χ1) is 48.7. The molecule has 0 atom stereocenters. The highest BCUT2D eigenvalue weighted by Crippen LogP contribution is 2.54. The van der Waals surface area contributed by atoms with E-state index in [1.54, 1.807) is 42.7 Å². The molecule has 14 nitrogen and oxygen atoms in total. The van der Waals surface area contributed by atoms with E-state index in [-0.39, 0.29) is 0 Å². The first-order valence-electron chi connectivity index (χ1n) is 33.6. The Balaban J connectivity index is 0.000000121. The van der Waals surface area contributed by atoms with E-state index in [4.69, 9.17) is 10.0 Å². The number of nitrogens with zero attached hydrogens (tertiary/aromatic N) is 10. The maximum Gasteiger partial charge on any atom is 0.490 e. The summed E-state index contributed by atoms with van der Waals surface area (Å²) in [5.74, 6) is 0. The van der Waals surface area contributed by atoms with Crippen LogP contribution < -0.4 is 25.5 Å². The summed E-state index contributed by atoms with van der Waals surface area (Å²) < 4.78 is 2.29. The van der Waals surface area contributed by atoms with Crippen molar-refractivity contribution in [2.24, 2.45) is 0 Å². The van der Waals surface area contributed by atoms with Crippen LogP contribution in [-0.4, -0.2) is 116 Å². The van der Waals surface area contributed by atoms with Gasteiger partial charge >= 0.3 is 7.12 Å². The van der Waals surface area contributed by atoms with Crippen molar-refractivity contribution < 1.29 is 14.8 Å². The minimum atomic E-state index is -1.40. The van der Waals surface area contributed by atoms with Gasteiger partial charge in [-0.15, -0.1) is 0 Å². The standard InChI is InChI=1S/C28H26N4S.C23H22BrN3S.C17H17BrN2S.C6H5NO.C5H6BNO2/c1-2-9-27-25(8-1)32(24-12-16-31(17-13-24)20-23-7-3-4-15-30-23)26-11-10-21(18-28(26)33-27)22-6-5-14-29-19-22;24-17-8-9-21-23(15-17)28-22-7-2-1-6-20(22)27(21)19-10-13-26(14-11-19)16-18-5-3-4-12-25-18;18-12-5-6-15-17(11-12)21-16-4-2-1-3-14(16)20(15)13-7-9-19-10-8-13;8-5-6-3-1-2-4-7-6;8-6(9)5-2-1-3-7-4-5/h1-11,14-15,18-19,24H,12-13,16-17,20H2;1-9,12,15,19H,10-11,13-14,16H2;1-6,11,13,19H,7-10H2;1-5H;1-4,8-9H. The Morgan fingerprint density at radius 2 is 0.848 bits per heavy atom. The van der Waals surface area contributed by atoms with Crippen LogP contribution >= 0.6 is 67.1 Å². The first-order valence-corrected chi connectivity index (χ1v) is 37.6. The van der Waals surface area contributed by atoms with E-state index in [1.165, 1.54) is 101 Å². The van der Waals surface area contributed by atoms with Gasteiger partial charge in [-0.25, -0.2) is 0 Å². The molecule has 0 unspecified atom stereocenters. The zero-order chi connectivity index (χ0) is 67.7. The molecule has 11 heterocycles. The second kappa shape index (κ2) is 34.4. The van der Waals surface area contributed by atoms with Gasteiger partial charge in [0.1, 0.15) is 5.69 Å². The Kier molecular flexibility index (Phi) is 24.1. The highest BCUT2D eigenvalue weighted by atomic mass is 79.9. The van der Waals surface area contributed by atoms with E-state index in [2.05, 4.69) is 244 Å². The van der Waals surface area contributed by atoms with Crippen LogP contribution in [0.15, 0.2) is 288 Å². The third-order valence-electron chi connectivity index (χ3n) is 18.1. The van der Waals surface area contributed by atoms with Crippen molar-refractivity contribution in [2.45, 2.75) is 99.1 Å². The number of halogens is 2. The van der Waals surface area contributed by atoms with Gasteiger partial charge in [0.05, 0.1) is 45.5 Å². The molecule has 6 aliphatic rings. The monoisotopic (exact) mass is 1490 g/mol. The van der Waals surface area contributed by atoms with Crippen LogP contribution in [0.3, 0.4) is 0 Å². The smallest absolute Gasteiger partial charge is 0.423 e. The number of aromatic nitrogens is 5. The first kappa shape index (κ1) is 69.5. The third kappa shape index (κ3) is 17.8. The lowest BCUT2D eigenvalue weighted by Gasteiger charge is -2.43. The Hall–Kier alpha value is -7.99. The number of piperidine rings is 3. The number of nitrogens with one attached hydrogen (secondary N) is 1. The summed E-state index contributed by atoms with van der Waals surface area (Å²) in [6.45, 7) is 8.52. The SMILES string of the molecule is Brc1ccc2c(c1)Sc1ccccc1N2C1CCN(Cc2ccccn2)CC1.Brc1ccc2c(c1)Sc1ccccc1N2C1CCNCC1.O=Cc1ccccn1.OB(O)c1cccnc1.c1ccc(CN2CCC(N3c4ccccc4Sc4cc(-c5cccnc5)ccc43)CC2)nc1. The van der Waals surface area contributed by atoms with Gasteiger partial charge in [-0.3, -0.25) is 39.5 Å². The number of carbonyl (C=O) groups excluding carboxylic acids is 1. The molecule has 20 heteroatoms. The van der Waals surface area contributed by atoms with Crippen molar-refractivity contribution in [3.63, 3.8) is 0 Å². The Labute approximate surface area is 610 Å².